The second-order valence-corrected chi connectivity index (χ2v) is 10.6. The Kier molecular flexibility index (Phi) is 9.12. The minimum absolute atomic E-state index is 0.0420. The lowest BCUT2D eigenvalue weighted by Crippen LogP contribution is -2.37. The van der Waals surface area contributed by atoms with E-state index in [1.54, 1.807) is 18.2 Å². The third-order valence-corrected chi connectivity index (χ3v) is 6.06. The van der Waals surface area contributed by atoms with Crippen molar-refractivity contribution in [3.05, 3.63) is 71.2 Å². The predicted octanol–water partition coefficient (Wildman–Crippen LogP) is 5.25. The fraction of sp³-hybridized carbons (Fsp3) is 0.433. The van der Waals surface area contributed by atoms with Gasteiger partial charge in [0.15, 0.2) is 0 Å². The molecule has 3 rings (SSSR count). The lowest BCUT2D eigenvalue weighted by Gasteiger charge is -2.19. The van der Waals surface area contributed by atoms with Crippen LogP contribution in [-0.2, 0) is 18.4 Å². The summed E-state index contributed by atoms with van der Waals surface area (Å²) >= 11 is 0. The smallest absolute Gasteiger partial charge is 0.251 e. The monoisotopic (exact) mass is 502 g/mol. The maximum Gasteiger partial charge on any atom is 0.251 e. The molecule has 1 heterocycles. The molecular weight excluding hydrogens is 464 g/mol. The first kappa shape index (κ1) is 27.9. The number of imidazole rings is 1. The van der Waals surface area contributed by atoms with Crippen LogP contribution in [0.5, 0.6) is 5.75 Å². The zero-order valence-electron chi connectivity index (χ0n) is 22.7. The van der Waals surface area contributed by atoms with Gasteiger partial charge >= 0.3 is 0 Å². The van der Waals surface area contributed by atoms with Crippen LogP contribution in [0.1, 0.15) is 75.3 Å². The molecule has 7 nitrogen and oxygen atoms in total. The molecule has 7 heteroatoms. The second-order valence-electron chi connectivity index (χ2n) is 10.6. The van der Waals surface area contributed by atoms with Gasteiger partial charge in [0.1, 0.15) is 17.6 Å². The van der Waals surface area contributed by atoms with Gasteiger partial charge in [0, 0.05) is 41.9 Å². The van der Waals surface area contributed by atoms with Crippen LogP contribution in [0.25, 0.3) is 11.3 Å². The molecule has 0 fully saturated rings. The van der Waals surface area contributed by atoms with E-state index in [1.165, 1.54) is 0 Å². The van der Waals surface area contributed by atoms with Crippen LogP contribution >= 0.6 is 0 Å². The largest absolute Gasteiger partial charge is 0.490 e. The lowest BCUT2D eigenvalue weighted by atomic mass is 9.95. The van der Waals surface area contributed by atoms with Crippen molar-refractivity contribution in [1.82, 2.24) is 14.9 Å². The molecule has 1 aromatic heterocycles. The quantitative estimate of drug-likeness (QED) is 0.394. The first-order valence-corrected chi connectivity index (χ1v) is 12.8. The molecule has 0 radical (unpaired) electrons. The Hall–Kier alpha value is -3.63. The van der Waals surface area contributed by atoms with Gasteiger partial charge in [0.2, 0.25) is 0 Å². The number of aliphatic hydroxyl groups is 1. The fourth-order valence-electron chi connectivity index (χ4n) is 4.26. The van der Waals surface area contributed by atoms with E-state index in [2.05, 4.69) is 62.0 Å². The number of aromatic nitrogens is 2. The van der Waals surface area contributed by atoms with Gasteiger partial charge in [-0.05, 0) is 57.4 Å². The third-order valence-electron chi connectivity index (χ3n) is 6.06. The molecular formula is C30H38N4O3. The average Bonchev–Trinajstić information content (AvgIpc) is 3.30. The number of hydrogen-bond acceptors (Lipinski definition) is 5. The van der Waals surface area contributed by atoms with Crippen molar-refractivity contribution in [2.45, 2.75) is 78.5 Å². The van der Waals surface area contributed by atoms with E-state index in [9.17, 15) is 15.2 Å². The summed E-state index contributed by atoms with van der Waals surface area (Å²) in [6, 6.07) is 14.9. The van der Waals surface area contributed by atoms with E-state index in [1.807, 2.05) is 26.0 Å². The number of ether oxygens (including phenoxy) is 1. The van der Waals surface area contributed by atoms with E-state index in [4.69, 9.17) is 9.72 Å². The molecule has 1 amide bonds. The first-order chi connectivity index (χ1) is 17.5. The predicted molar refractivity (Wildman–Crippen MR) is 146 cm³/mol. The van der Waals surface area contributed by atoms with E-state index in [0.29, 0.717) is 29.7 Å². The number of hydrogen-bond donors (Lipinski definition) is 2. The summed E-state index contributed by atoms with van der Waals surface area (Å²) in [5, 5.41) is 22.1. The van der Waals surface area contributed by atoms with Crippen molar-refractivity contribution in [1.29, 1.82) is 5.26 Å². The highest BCUT2D eigenvalue weighted by molar-refractivity contribution is 5.95. The van der Waals surface area contributed by atoms with Crippen molar-refractivity contribution in [2.75, 3.05) is 6.61 Å². The summed E-state index contributed by atoms with van der Waals surface area (Å²) in [7, 11) is 0. The lowest BCUT2D eigenvalue weighted by molar-refractivity contribution is 0.0930. The highest BCUT2D eigenvalue weighted by Gasteiger charge is 2.22. The number of nitrogens with zero attached hydrogens (tertiary/aromatic N) is 3. The Morgan fingerprint density at radius 1 is 1.19 bits per heavy atom. The number of nitriles is 1. The van der Waals surface area contributed by atoms with Crippen LogP contribution in [0.4, 0.5) is 0 Å². The van der Waals surface area contributed by atoms with Gasteiger partial charge in [-0.1, -0.05) is 45.0 Å². The van der Waals surface area contributed by atoms with Gasteiger partial charge in [0.05, 0.1) is 17.4 Å². The Labute approximate surface area is 220 Å². The molecule has 0 bridgehead atoms. The molecule has 0 aliphatic rings. The van der Waals surface area contributed by atoms with Crippen LogP contribution in [0.3, 0.4) is 0 Å². The Morgan fingerprint density at radius 2 is 1.89 bits per heavy atom. The van der Waals surface area contributed by atoms with Gasteiger partial charge in [-0.25, -0.2) is 4.98 Å². The van der Waals surface area contributed by atoms with Crippen molar-refractivity contribution in [3.8, 4) is 23.1 Å². The molecule has 2 aromatic carbocycles. The number of rotatable bonds is 10. The van der Waals surface area contributed by atoms with Crippen LogP contribution < -0.4 is 10.1 Å². The summed E-state index contributed by atoms with van der Waals surface area (Å²) in [6.45, 7) is 13.2. The van der Waals surface area contributed by atoms with E-state index in [0.717, 1.165) is 29.2 Å². The molecule has 1 atom stereocenters. The van der Waals surface area contributed by atoms with Crippen molar-refractivity contribution in [2.24, 2.45) is 0 Å². The normalized spacial score (nSPS) is 12.3. The van der Waals surface area contributed by atoms with Crippen molar-refractivity contribution >= 4 is 5.91 Å². The SMILES string of the molecule is CCn1cc(-c2ccc(CC(CCO)NC(=O)c3ccc(OC(C)C)c(C#N)c3)cc2)nc1C(C)(C)C. The fourth-order valence-corrected chi connectivity index (χ4v) is 4.26. The number of amides is 1. The van der Waals surface area contributed by atoms with Gasteiger partial charge in [-0.2, -0.15) is 5.26 Å². The Morgan fingerprint density at radius 3 is 2.43 bits per heavy atom. The van der Waals surface area contributed by atoms with Crippen LogP contribution in [0, 0.1) is 11.3 Å². The molecule has 196 valence electrons. The average molecular weight is 503 g/mol. The first-order valence-electron chi connectivity index (χ1n) is 12.8. The van der Waals surface area contributed by atoms with Gasteiger partial charge < -0.3 is 19.7 Å². The molecule has 0 aliphatic carbocycles. The summed E-state index contributed by atoms with van der Waals surface area (Å²) in [5.41, 5.74) is 3.68. The van der Waals surface area contributed by atoms with Crippen molar-refractivity contribution < 1.29 is 14.6 Å². The molecule has 0 aliphatic heterocycles. The summed E-state index contributed by atoms with van der Waals surface area (Å²) < 4.78 is 7.84. The standard InChI is InChI=1S/C30H38N4O3/c1-7-34-19-26(33-29(34)30(4,5)6)22-10-8-21(9-11-22)16-25(14-15-35)32-28(36)23-12-13-27(37-20(2)3)24(17-23)18-31/h8-13,17,19-20,25,35H,7,14-16H2,1-6H3,(H,32,36). The van der Waals surface area contributed by atoms with Crippen LogP contribution in [0.15, 0.2) is 48.7 Å². The zero-order valence-corrected chi connectivity index (χ0v) is 22.7. The second kappa shape index (κ2) is 12.1. The summed E-state index contributed by atoms with van der Waals surface area (Å²) in [5.74, 6) is 1.23. The number of carbonyl (C=O) groups is 1. The van der Waals surface area contributed by atoms with Crippen molar-refractivity contribution in [3.63, 3.8) is 0 Å². The number of carbonyl (C=O) groups excluding carboxylic acids is 1. The molecule has 1 unspecified atom stereocenters. The minimum atomic E-state index is -0.289. The van der Waals surface area contributed by atoms with Gasteiger partial charge in [0.25, 0.3) is 5.91 Å². The molecule has 3 aromatic rings. The molecule has 0 saturated carbocycles. The highest BCUT2D eigenvalue weighted by atomic mass is 16.5. The van der Waals surface area contributed by atoms with E-state index in [-0.39, 0.29) is 30.1 Å². The maximum absolute atomic E-state index is 13.0. The summed E-state index contributed by atoms with van der Waals surface area (Å²) in [6.07, 6.45) is 3.01. The Bertz CT molecular complexity index is 1250. The third kappa shape index (κ3) is 7.21. The van der Waals surface area contributed by atoms with E-state index >= 15 is 0 Å². The van der Waals surface area contributed by atoms with Gasteiger partial charge in [-0.3, -0.25) is 4.79 Å². The zero-order chi connectivity index (χ0) is 27.2. The number of nitrogens with one attached hydrogen (secondary N) is 1. The maximum atomic E-state index is 13.0. The van der Waals surface area contributed by atoms with Crippen LogP contribution in [-0.4, -0.2) is 39.3 Å². The molecule has 0 spiro atoms. The summed E-state index contributed by atoms with van der Waals surface area (Å²) in [4.78, 5) is 17.8. The highest BCUT2D eigenvalue weighted by Crippen LogP contribution is 2.27. The molecule has 2 N–H and O–H groups in total. The Balaban J connectivity index is 1.73. The number of aliphatic hydroxyl groups excluding tert-OH is 1. The number of aryl methyl sites for hydroxylation is 1. The topological polar surface area (TPSA) is 100 Å². The van der Waals surface area contributed by atoms with E-state index < -0.39 is 0 Å². The minimum Gasteiger partial charge on any atom is -0.490 e. The molecule has 37 heavy (non-hydrogen) atoms. The van der Waals surface area contributed by atoms with Gasteiger partial charge in [-0.15, -0.1) is 0 Å². The number of benzene rings is 2. The van der Waals surface area contributed by atoms with Crippen LogP contribution in [0.2, 0.25) is 0 Å². The molecule has 0 saturated heterocycles.